The second-order valence-electron chi connectivity index (χ2n) is 5.60. The Morgan fingerprint density at radius 1 is 1.50 bits per heavy atom. The van der Waals surface area contributed by atoms with Gasteiger partial charge < -0.3 is 9.64 Å². The summed E-state index contributed by atoms with van der Waals surface area (Å²) in [6.07, 6.45) is 3.17. The van der Waals surface area contributed by atoms with E-state index in [2.05, 4.69) is 17.5 Å². The predicted molar refractivity (Wildman–Crippen MR) is 76.0 cm³/mol. The molecule has 4 nitrogen and oxygen atoms in total. The molecule has 3 rings (SSSR count). The first-order chi connectivity index (χ1) is 9.75. The predicted octanol–water partition coefficient (Wildman–Crippen LogP) is 2.56. The van der Waals surface area contributed by atoms with Crippen LogP contribution < -0.4 is 0 Å². The lowest BCUT2D eigenvalue weighted by atomic mass is 9.80. The fourth-order valence-corrected chi connectivity index (χ4v) is 3.36. The number of thiophene rings is 1. The van der Waals surface area contributed by atoms with Gasteiger partial charge in [-0.15, -0.1) is 0 Å². The van der Waals surface area contributed by atoms with Crippen LogP contribution in [0.4, 0.5) is 0 Å². The second-order valence-corrected chi connectivity index (χ2v) is 6.38. The van der Waals surface area contributed by atoms with E-state index in [1.54, 1.807) is 11.3 Å². The molecular weight excluding hydrogens is 272 g/mol. The molecule has 1 aromatic heterocycles. The van der Waals surface area contributed by atoms with Gasteiger partial charge >= 0.3 is 0 Å². The smallest absolute Gasteiger partial charge is 0.243 e. The van der Waals surface area contributed by atoms with Gasteiger partial charge in [0.05, 0.1) is 6.07 Å². The van der Waals surface area contributed by atoms with Gasteiger partial charge in [-0.3, -0.25) is 4.79 Å². The number of amides is 1. The Balaban J connectivity index is 1.79. The molecule has 2 aliphatic rings. The average Bonchev–Trinajstić information content (AvgIpc) is 3.21. The standard InChI is InChI=1S/C15H18N2O2S/c16-11-15(4-6-19-7-5-15)14(18)17(13-1-2-13)9-12-3-8-20-10-12/h3,8,10,13H,1-2,4-7,9H2. The Morgan fingerprint density at radius 2 is 2.25 bits per heavy atom. The van der Waals surface area contributed by atoms with Crippen molar-refractivity contribution in [3.63, 3.8) is 0 Å². The molecule has 0 N–H and O–H groups in total. The molecule has 5 heteroatoms. The minimum Gasteiger partial charge on any atom is -0.381 e. The third kappa shape index (κ3) is 2.58. The van der Waals surface area contributed by atoms with E-state index in [1.807, 2.05) is 10.3 Å². The Hall–Kier alpha value is -1.38. The van der Waals surface area contributed by atoms with Crippen LogP contribution in [-0.2, 0) is 16.1 Å². The van der Waals surface area contributed by atoms with Crippen LogP contribution in [0.5, 0.6) is 0 Å². The van der Waals surface area contributed by atoms with Gasteiger partial charge in [0.25, 0.3) is 0 Å². The Bertz CT molecular complexity index is 510. The van der Waals surface area contributed by atoms with E-state index in [4.69, 9.17) is 4.74 Å². The van der Waals surface area contributed by atoms with Gasteiger partial charge in [0, 0.05) is 25.8 Å². The molecule has 0 radical (unpaired) electrons. The van der Waals surface area contributed by atoms with E-state index < -0.39 is 5.41 Å². The van der Waals surface area contributed by atoms with E-state index in [9.17, 15) is 10.1 Å². The van der Waals surface area contributed by atoms with Crippen LogP contribution in [0.1, 0.15) is 31.2 Å². The number of carbonyl (C=O) groups excluding carboxylic acids is 1. The first-order valence-corrected chi connectivity index (χ1v) is 8.01. The van der Waals surface area contributed by atoms with Crippen LogP contribution in [0.3, 0.4) is 0 Å². The van der Waals surface area contributed by atoms with Gasteiger partial charge in [-0.1, -0.05) is 0 Å². The summed E-state index contributed by atoms with van der Waals surface area (Å²) < 4.78 is 5.32. The highest BCUT2D eigenvalue weighted by molar-refractivity contribution is 7.07. The summed E-state index contributed by atoms with van der Waals surface area (Å²) in [4.78, 5) is 14.8. The minimum atomic E-state index is -0.864. The van der Waals surface area contributed by atoms with Gasteiger partial charge in [0.1, 0.15) is 5.41 Å². The first kappa shape index (κ1) is 13.6. The molecule has 106 valence electrons. The average molecular weight is 290 g/mol. The number of nitriles is 1. The van der Waals surface area contributed by atoms with Crippen molar-refractivity contribution in [2.24, 2.45) is 5.41 Å². The second kappa shape index (κ2) is 5.55. The van der Waals surface area contributed by atoms with Crippen molar-refractivity contribution in [2.75, 3.05) is 13.2 Å². The molecule has 2 heterocycles. The van der Waals surface area contributed by atoms with Gasteiger partial charge in [-0.05, 0) is 48.1 Å². The van der Waals surface area contributed by atoms with E-state index >= 15 is 0 Å². The Morgan fingerprint density at radius 3 is 2.80 bits per heavy atom. The lowest BCUT2D eigenvalue weighted by Gasteiger charge is -2.35. The number of rotatable bonds is 4. The number of ether oxygens (including phenoxy) is 1. The van der Waals surface area contributed by atoms with E-state index in [0.717, 1.165) is 18.4 Å². The number of hydrogen-bond acceptors (Lipinski definition) is 4. The summed E-state index contributed by atoms with van der Waals surface area (Å²) >= 11 is 1.64. The number of nitrogens with zero attached hydrogens (tertiary/aromatic N) is 2. The molecule has 1 amide bonds. The molecule has 1 saturated carbocycles. The largest absolute Gasteiger partial charge is 0.381 e. The molecule has 20 heavy (non-hydrogen) atoms. The summed E-state index contributed by atoms with van der Waals surface area (Å²) in [6.45, 7) is 1.66. The lowest BCUT2D eigenvalue weighted by molar-refractivity contribution is -0.144. The zero-order valence-electron chi connectivity index (χ0n) is 11.4. The normalized spacial score (nSPS) is 21.1. The molecule has 0 unspecified atom stereocenters. The van der Waals surface area contributed by atoms with E-state index in [0.29, 0.717) is 38.6 Å². The van der Waals surface area contributed by atoms with Crippen molar-refractivity contribution >= 4 is 17.2 Å². The van der Waals surface area contributed by atoms with Crippen molar-refractivity contribution in [1.82, 2.24) is 4.90 Å². The summed E-state index contributed by atoms with van der Waals surface area (Å²) in [6, 6.07) is 4.67. The molecule has 1 aromatic rings. The zero-order valence-corrected chi connectivity index (χ0v) is 12.2. The maximum Gasteiger partial charge on any atom is 0.243 e. The number of carbonyl (C=O) groups is 1. The summed E-state index contributed by atoms with van der Waals surface area (Å²) in [5.41, 5.74) is 0.298. The Kier molecular flexibility index (Phi) is 3.77. The third-order valence-corrected chi connectivity index (χ3v) is 4.88. The zero-order chi connectivity index (χ0) is 14.0. The first-order valence-electron chi connectivity index (χ1n) is 7.06. The van der Waals surface area contributed by atoms with Crippen LogP contribution in [0.25, 0.3) is 0 Å². The third-order valence-electron chi connectivity index (χ3n) is 4.15. The maximum absolute atomic E-state index is 12.9. The molecule has 0 bridgehead atoms. The monoisotopic (exact) mass is 290 g/mol. The molecule has 0 aromatic carbocycles. The quantitative estimate of drug-likeness (QED) is 0.856. The minimum absolute atomic E-state index is 0.0111. The summed E-state index contributed by atoms with van der Waals surface area (Å²) in [5, 5.41) is 13.6. The van der Waals surface area contributed by atoms with Crippen LogP contribution in [0, 0.1) is 16.7 Å². The highest BCUT2D eigenvalue weighted by Crippen LogP contribution is 2.37. The fraction of sp³-hybridized carbons (Fsp3) is 0.600. The van der Waals surface area contributed by atoms with E-state index in [1.165, 1.54) is 0 Å². The van der Waals surface area contributed by atoms with Crippen molar-refractivity contribution in [3.05, 3.63) is 22.4 Å². The van der Waals surface area contributed by atoms with Crippen LogP contribution >= 0.6 is 11.3 Å². The molecule has 1 aliphatic carbocycles. The SMILES string of the molecule is N#CC1(C(=O)N(Cc2ccsc2)C2CC2)CCOCC1. The van der Waals surface area contributed by atoms with Gasteiger partial charge in [-0.2, -0.15) is 16.6 Å². The molecule has 0 atom stereocenters. The molecule has 2 fully saturated rings. The molecule has 1 saturated heterocycles. The van der Waals surface area contributed by atoms with E-state index in [-0.39, 0.29) is 5.91 Å². The highest BCUT2D eigenvalue weighted by atomic mass is 32.1. The molecule has 0 spiro atoms. The van der Waals surface area contributed by atoms with Crippen LogP contribution in [0.2, 0.25) is 0 Å². The highest BCUT2D eigenvalue weighted by Gasteiger charge is 2.46. The van der Waals surface area contributed by atoms with Crippen LogP contribution in [-0.4, -0.2) is 30.1 Å². The van der Waals surface area contributed by atoms with Gasteiger partial charge in [-0.25, -0.2) is 0 Å². The lowest BCUT2D eigenvalue weighted by Crippen LogP contribution is -2.46. The molecule has 1 aliphatic heterocycles. The van der Waals surface area contributed by atoms with Crippen molar-refractivity contribution in [1.29, 1.82) is 5.26 Å². The summed E-state index contributed by atoms with van der Waals surface area (Å²) in [5.74, 6) is 0.0111. The van der Waals surface area contributed by atoms with Crippen LogP contribution in [0.15, 0.2) is 16.8 Å². The van der Waals surface area contributed by atoms with Gasteiger partial charge in [0.15, 0.2) is 0 Å². The van der Waals surface area contributed by atoms with Crippen molar-refractivity contribution < 1.29 is 9.53 Å². The topological polar surface area (TPSA) is 53.3 Å². The summed E-state index contributed by atoms with van der Waals surface area (Å²) in [7, 11) is 0. The van der Waals surface area contributed by atoms with Crippen molar-refractivity contribution in [3.8, 4) is 6.07 Å². The van der Waals surface area contributed by atoms with Gasteiger partial charge in [0.2, 0.25) is 5.91 Å². The fourth-order valence-electron chi connectivity index (χ4n) is 2.70. The van der Waals surface area contributed by atoms with Crippen molar-refractivity contribution in [2.45, 2.75) is 38.3 Å². The Labute approximate surface area is 123 Å². The molecular formula is C15H18N2O2S. The maximum atomic E-state index is 12.9. The number of hydrogen-bond donors (Lipinski definition) is 0.